The van der Waals surface area contributed by atoms with E-state index in [2.05, 4.69) is 34.6 Å². The van der Waals surface area contributed by atoms with Gasteiger partial charge in [-0.3, -0.25) is 0 Å². The minimum Gasteiger partial charge on any atom is -0.327 e. The van der Waals surface area contributed by atoms with Gasteiger partial charge in [0.2, 0.25) is 0 Å². The van der Waals surface area contributed by atoms with Gasteiger partial charge in [-0.25, -0.2) is 0 Å². The summed E-state index contributed by atoms with van der Waals surface area (Å²) in [6, 6.07) is 0.458. The predicted molar refractivity (Wildman–Crippen MR) is 53.9 cm³/mol. The Morgan fingerprint density at radius 2 is 1.83 bits per heavy atom. The molecule has 1 nitrogen and oxygen atoms in total. The third-order valence-corrected chi connectivity index (χ3v) is 3.11. The standard InChI is InChI=1S/C11H23N/c1-10(2,3)6-8-9(12)7-11(8,4)5/h8-9H,6-7,12H2,1-5H3. The lowest BCUT2D eigenvalue weighted by atomic mass is 9.55. The molecule has 1 aliphatic rings. The Kier molecular flexibility index (Phi) is 2.28. The number of hydrogen-bond donors (Lipinski definition) is 1. The molecule has 12 heavy (non-hydrogen) atoms. The highest BCUT2D eigenvalue weighted by molar-refractivity contribution is 4.99. The normalized spacial score (nSPS) is 34.5. The van der Waals surface area contributed by atoms with Crippen LogP contribution in [-0.4, -0.2) is 6.04 Å². The Hall–Kier alpha value is -0.0400. The summed E-state index contributed by atoms with van der Waals surface area (Å²) >= 11 is 0. The van der Waals surface area contributed by atoms with Gasteiger partial charge in [0.25, 0.3) is 0 Å². The maximum Gasteiger partial charge on any atom is 0.00776 e. The fourth-order valence-electron chi connectivity index (χ4n) is 2.41. The molecule has 72 valence electrons. The lowest BCUT2D eigenvalue weighted by molar-refractivity contribution is 0.00989. The summed E-state index contributed by atoms with van der Waals surface area (Å²) in [4.78, 5) is 0. The molecule has 0 bridgehead atoms. The first-order valence-electron chi connectivity index (χ1n) is 4.98. The minimum atomic E-state index is 0.431. The average Bonchev–Trinajstić information content (AvgIpc) is 1.81. The Balaban J connectivity index is 2.52. The van der Waals surface area contributed by atoms with E-state index in [0.29, 0.717) is 16.9 Å². The van der Waals surface area contributed by atoms with Gasteiger partial charge in [-0.1, -0.05) is 34.6 Å². The fourth-order valence-corrected chi connectivity index (χ4v) is 2.41. The van der Waals surface area contributed by atoms with Gasteiger partial charge in [0.05, 0.1) is 0 Å². The quantitative estimate of drug-likeness (QED) is 0.642. The van der Waals surface area contributed by atoms with Crippen molar-refractivity contribution in [2.75, 3.05) is 0 Å². The third kappa shape index (κ3) is 2.01. The van der Waals surface area contributed by atoms with E-state index >= 15 is 0 Å². The lowest BCUT2D eigenvalue weighted by Gasteiger charge is -2.52. The summed E-state index contributed by atoms with van der Waals surface area (Å²) in [5.74, 6) is 0.734. The molecule has 1 rings (SSSR count). The van der Waals surface area contributed by atoms with Gasteiger partial charge in [0.15, 0.2) is 0 Å². The van der Waals surface area contributed by atoms with Gasteiger partial charge in [-0.05, 0) is 29.6 Å². The van der Waals surface area contributed by atoms with Crippen molar-refractivity contribution in [1.82, 2.24) is 0 Å². The van der Waals surface area contributed by atoms with Crippen LogP contribution in [0.3, 0.4) is 0 Å². The largest absolute Gasteiger partial charge is 0.327 e. The van der Waals surface area contributed by atoms with E-state index in [0.717, 1.165) is 5.92 Å². The molecule has 0 saturated heterocycles. The number of hydrogen-bond acceptors (Lipinski definition) is 1. The first-order valence-corrected chi connectivity index (χ1v) is 4.98. The van der Waals surface area contributed by atoms with Crippen molar-refractivity contribution in [2.24, 2.45) is 22.5 Å². The van der Waals surface area contributed by atoms with Gasteiger partial charge < -0.3 is 5.73 Å². The number of nitrogens with two attached hydrogens (primary N) is 1. The van der Waals surface area contributed by atoms with E-state index in [1.807, 2.05) is 0 Å². The van der Waals surface area contributed by atoms with Crippen LogP contribution in [0.1, 0.15) is 47.5 Å². The van der Waals surface area contributed by atoms with Gasteiger partial charge in [0.1, 0.15) is 0 Å². The Bertz CT molecular complexity index is 164. The summed E-state index contributed by atoms with van der Waals surface area (Å²) in [6.45, 7) is 11.6. The molecule has 1 fully saturated rings. The second kappa shape index (κ2) is 2.73. The zero-order valence-electron chi connectivity index (χ0n) is 9.15. The highest BCUT2D eigenvalue weighted by Gasteiger charge is 2.46. The highest BCUT2D eigenvalue weighted by atomic mass is 14.7. The second-order valence-corrected chi connectivity index (χ2v) is 6.23. The topological polar surface area (TPSA) is 26.0 Å². The van der Waals surface area contributed by atoms with E-state index in [4.69, 9.17) is 5.73 Å². The summed E-state index contributed by atoms with van der Waals surface area (Å²) in [7, 11) is 0. The minimum absolute atomic E-state index is 0.431. The smallest absolute Gasteiger partial charge is 0.00776 e. The molecule has 2 N–H and O–H groups in total. The highest BCUT2D eigenvalue weighted by Crippen LogP contribution is 2.49. The van der Waals surface area contributed by atoms with Crippen LogP contribution >= 0.6 is 0 Å². The maximum atomic E-state index is 6.01. The maximum absolute atomic E-state index is 6.01. The molecule has 1 aliphatic carbocycles. The van der Waals surface area contributed by atoms with Crippen LogP contribution in [0, 0.1) is 16.7 Å². The van der Waals surface area contributed by atoms with Gasteiger partial charge in [0, 0.05) is 6.04 Å². The molecule has 2 atom stereocenters. The lowest BCUT2D eigenvalue weighted by Crippen LogP contribution is -2.54. The molecule has 0 aromatic heterocycles. The van der Waals surface area contributed by atoms with E-state index in [1.54, 1.807) is 0 Å². The van der Waals surface area contributed by atoms with Crippen molar-refractivity contribution in [3.63, 3.8) is 0 Å². The molecule has 0 heterocycles. The van der Waals surface area contributed by atoms with Crippen molar-refractivity contribution in [2.45, 2.75) is 53.5 Å². The van der Waals surface area contributed by atoms with Crippen molar-refractivity contribution < 1.29 is 0 Å². The van der Waals surface area contributed by atoms with Gasteiger partial charge in [-0.15, -0.1) is 0 Å². The van der Waals surface area contributed by atoms with Crippen LogP contribution in [0.4, 0.5) is 0 Å². The van der Waals surface area contributed by atoms with Crippen molar-refractivity contribution in [1.29, 1.82) is 0 Å². The summed E-state index contributed by atoms with van der Waals surface area (Å²) < 4.78 is 0. The first kappa shape index (κ1) is 10.0. The van der Waals surface area contributed by atoms with Crippen molar-refractivity contribution in [3.05, 3.63) is 0 Å². The second-order valence-electron chi connectivity index (χ2n) is 6.23. The molecule has 1 heteroatoms. The van der Waals surface area contributed by atoms with E-state index in [1.165, 1.54) is 12.8 Å². The van der Waals surface area contributed by atoms with E-state index in [9.17, 15) is 0 Å². The Morgan fingerprint density at radius 3 is 2.00 bits per heavy atom. The molecule has 0 spiro atoms. The molecule has 2 unspecified atom stereocenters. The zero-order valence-corrected chi connectivity index (χ0v) is 9.15. The SMILES string of the molecule is CC(C)(C)CC1C(N)CC1(C)C. The average molecular weight is 169 g/mol. The first-order chi connectivity index (χ1) is 5.22. The summed E-state index contributed by atoms with van der Waals surface area (Å²) in [6.07, 6.45) is 2.47. The zero-order chi connectivity index (χ0) is 9.57. The van der Waals surface area contributed by atoms with Crippen LogP contribution in [0.15, 0.2) is 0 Å². The predicted octanol–water partition coefficient (Wildman–Crippen LogP) is 2.80. The van der Waals surface area contributed by atoms with Crippen LogP contribution in [0.5, 0.6) is 0 Å². The monoisotopic (exact) mass is 169 g/mol. The summed E-state index contributed by atoms with van der Waals surface area (Å²) in [5.41, 5.74) is 6.93. The molecular formula is C11H23N. The molecule has 0 aromatic rings. The van der Waals surface area contributed by atoms with Crippen molar-refractivity contribution in [3.8, 4) is 0 Å². The molecule has 0 aromatic carbocycles. The van der Waals surface area contributed by atoms with Gasteiger partial charge in [-0.2, -0.15) is 0 Å². The molecule has 0 aliphatic heterocycles. The van der Waals surface area contributed by atoms with E-state index < -0.39 is 0 Å². The van der Waals surface area contributed by atoms with Crippen molar-refractivity contribution >= 4 is 0 Å². The number of rotatable bonds is 1. The molecule has 1 saturated carbocycles. The fraction of sp³-hybridized carbons (Fsp3) is 1.00. The summed E-state index contributed by atoms with van der Waals surface area (Å²) in [5, 5.41) is 0. The van der Waals surface area contributed by atoms with E-state index in [-0.39, 0.29) is 0 Å². The molecule has 0 amide bonds. The third-order valence-electron chi connectivity index (χ3n) is 3.11. The Labute approximate surface area is 76.7 Å². The van der Waals surface area contributed by atoms with Crippen LogP contribution in [0.2, 0.25) is 0 Å². The molecular weight excluding hydrogens is 146 g/mol. The van der Waals surface area contributed by atoms with Crippen LogP contribution in [0.25, 0.3) is 0 Å². The molecule has 0 radical (unpaired) electrons. The Morgan fingerprint density at radius 1 is 1.33 bits per heavy atom. The van der Waals surface area contributed by atoms with Crippen LogP contribution < -0.4 is 5.73 Å². The van der Waals surface area contributed by atoms with Gasteiger partial charge >= 0.3 is 0 Å². The van der Waals surface area contributed by atoms with Crippen LogP contribution in [-0.2, 0) is 0 Å².